The van der Waals surface area contributed by atoms with Crippen molar-refractivity contribution in [1.29, 1.82) is 0 Å². The fourth-order valence-electron chi connectivity index (χ4n) is 1.64. The van der Waals surface area contributed by atoms with Crippen molar-refractivity contribution in [1.82, 2.24) is 4.98 Å². The zero-order chi connectivity index (χ0) is 13.9. The Morgan fingerprint density at radius 2 is 1.74 bits per heavy atom. The number of aromatic nitrogens is 1. The van der Waals surface area contributed by atoms with E-state index in [-0.39, 0.29) is 5.69 Å². The number of nitrogens with zero attached hydrogens (tertiary/aromatic N) is 1. The molecular formula is C13H12F3N3. The van der Waals surface area contributed by atoms with Gasteiger partial charge in [-0.15, -0.1) is 0 Å². The number of anilines is 3. The summed E-state index contributed by atoms with van der Waals surface area (Å²) >= 11 is 0. The van der Waals surface area contributed by atoms with Gasteiger partial charge in [0.15, 0.2) is 0 Å². The van der Waals surface area contributed by atoms with Gasteiger partial charge in [0, 0.05) is 7.05 Å². The third-order valence-corrected chi connectivity index (χ3v) is 2.54. The van der Waals surface area contributed by atoms with Gasteiger partial charge in [-0.2, -0.15) is 13.2 Å². The van der Waals surface area contributed by atoms with E-state index in [9.17, 15) is 13.2 Å². The molecule has 6 heteroatoms. The van der Waals surface area contributed by atoms with E-state index in [1.54, 1.807) is 25.4 Å². The molecule has 0 saturated carbocycles. The molecule has 0 saturated heterocycles. The molecule has 2 N–H and O–H groups in total. The Balaban J connectivity index is 2.33. The van der Waals surface area contributed by atoms with Crippen LogP contribution in [0.4, 0.5) is 30.2 Å². The summed E-state index contributed by atoms with van der Waals surface area (Å²) in [5.74, 6) is 0. The molecule has 0 amide bonds. The zero-order valence-electron chi connectivity index (χ0n) is 10.1. The van der Waals surface area contributed by atoms with E-state index in [4.69, 9.17) is 0 Å². The van der Waals surface area contributed by atoms with Gasteiger partial charge < -0.3 is 10.6 Å². The van der Waals surface area contributed by atoms with Crippen LogP contribution in [0.1, 0.15) is 5.56 Å². The molecule has 0 aliphatic rings. The van der Waals surface area contributed by atoms with Crippen LogP contribution < -0.4 is 10.6 Å². The average molecular weight is 267 g/mol. The van der Waals surface area contributed by atoms with Crippen molar-refractivity contribution >= 4 is 17.1 Å². The summed E-state index contributed by atoms with van der Waals surface area (Å²) in [7, 11) is 1.71. The summed E-state index contributed by atoms with van der Waals surface area (Å²) in [6.07, 6.45) is -1.34. The highest BCUT2D eigenvalue weighted by Crippen LogP contribution is 2.35. The molecule has 0 fully saturated rings. The number of para-hydroxylation sites is 1. The number of pyridine rings is 1. The van der Waals surface area contributed by atoms with Crippen LogP contribution in [0.25, 0.3) is 0 Å². The molecule has 1 aromatic heterocycles. The highest BCUT2D eigenvalue weighted by atomic mass is 19.4. The van der Waals surface area contributed by atoms with Crippen LogP contribution in [-0.2, 0) is 6.18 Å². The molecule has 1 aromatic carbocycles. The maximum absolute atomic E-state index is 12.8. The van der Waals surface area contributed by atoms with Crippen molar-refractivity contribution in [3.63, 3.8) is 0 Å². The van der Waals surface area contributed by atoms with Crippen molar-refractivity contribution < 1.29 is 13.2 Å². The van der Waals surface area contributed by atoms with Gasteiger partial charge >= 0.3 is 6.18 Å². The molecule has 0 unspecified atom stereocenters. The number of halogens is 3. The molecule has 0 aliphatic heterocycles. The molecule has 2 aromatic rings. The lowest BCUT2D eigenvalue weighted by atomic mass is 10.1. The van der Waals surface area contributed by atoms with Crippen LogP contribution in [0.15, 0.2) is 42.7 Å². The maximum Gasteiger partial charge on any atom is 0.418 e. The van der Waals surface area contributed by atoms with Crippen molar-refractivity contribution in [2.24, 2.45) is 0 Å². The Labute approximate surface area is 108 Å². The number of hydrogen-bond donors (Lipinski definition) is 2. The molecule has 3 nitrogen and oxygen atoms in total. The van der Waals surface area contributed by atoms with Gasteiger partial charge in [0.25, 0.3) is 0 Å². The molecule has 0 aliphatic carbocycles. The lowest BCUT2D eigenvalue weighted by Crippen LogP contribution is -2.08. The Kier molecular flexibility index (Phi) is 3.59. The fourth-order valence-corrected chi connectivity index (χ4v) is 1.64. The number of rotatable bonds is 3. The molecule has 0 radical (unpaired) electrons. The van der Waals surface area contributed by atoms with Gasteiger partial charge in [0.05, 0.1) is 35.0 Å². The smallest absolute Gasteiger partial charge is 0.387 e. The normalized spacial score (nSPS) is 11.2. The van der Waals surface area contributed by atoms with Crippen LogP contribution in [0.2, 0.25) is 0 Å². The van der Waals surface area contributed by atoms with E-state index in [1.165, 1.54) is 18.3 Å². The SMILES string of the molecule is CNc1cncc(Nc2ccccc2C(F)(F)F)c1. The van der Waals surface area contributed by atoms with Gasteiger partial charge in [0.1, 0.15) is 0 Å². The number of hydrogen-bond acceptors (Lipinski definition) is 3. The standard InChI is InChI=1S/C13H12F3N3/c1-17-9-6-10(8-18-7-9)19-12-5-3-2-4-11(12)13(14,15)16/h2-8,17,19H,1H3. The van der Waals surface area contributed by atoms with E-state index in [1.807, 2.05) is 0 Å². The first-order valence-electron chi connectivity index (χ1n) is 5.57. The van der Waals surface area contributed by atoms with Crippen LogP contribution in [0, 0.1) is 0 Å². The monoisotopic (exact) mass is 267 g/mol. The van der Waals surface area contributed by atoms with E-state index >= 15 is 0 Å². The lowest BCUT2D eigenvalue weighted by Gasteiger charge is -2.14. The maximum atomic E-state index is 12.8. The molecule has 2 rings (SSSR count). The predicted molar refractivity (Wildman–Crippen MR) is 68.5 cm³/mol. The summed E-state index contributed by atoms with van der Waals surface area (Å²) < 4.78 is 38.5. The topological polar surface area (TPSA) is 37.0 Å². The zero-order valence-corrected chi connectivity index (χ0v) is 10.1. The van der Waals surface area contributed by atoms with Gasteiger partial charge in [-0.3, -0.25) is 4.98 Å². The number of benzene rings is 1. The summed E-state index contributed by atoms with van der Waals surface area (Å²) in [5.41, 5.74) is 0.507. The average Bonchev–Trinajstić information content (AvgIpc) is 2.38. The van der Waals surface area contributed by atoms with Crippen LogP contribution in [0.3, 0.4) is 0 Å². The van der Waals surface area contributed by atoms with Crippen molar-refractivity contribution in [3.8, 4) is 0 Å². The van der Waals surface area contributed by atoms with E-state index in [2.05, 4.69) is 15.6 Å². The van der Waals surface area contributed by atoms with Gasteiger partial charge in [-0.1, -0.05) is 12.1 Å². The minimum absolute atomic E-state index is 0.00468. The van der Waals surface area contributed by atoms with Gasteiger partial charge in [-0.25, -0.2) is 0 Å². The largest absolute Gasteiger partial charge is 0.418 e. The second-order valence-electron chi connectivity index (χ2n) is 3.88. The minimum Gasteiger partial charge on any atom is -0.387 e. The highest BCUT2D eigenvalue weighted by Gasteiger charge is 2.33. The first-order chi connectivity index (χ1) is 9.00. The van der Waals surface area contributed by atoms with Crippen LogP contribution in [0.5, 0.6) is 0 Å². The quantitative estimate of drug-likeness (QED) is 0.886. The van der Waals surface area contributed by atoms with Crippen molar-refractivity contribution in [2.75, 3.05) is 17.7 Å². The molecule has 1 heterocycles. The van der Waals surface area contributed by atoms with Crippen LogP contribution >= 0.6 is 0 Å². The summed E-state index contributed by atoms with van der Waals surface area (Å²) in [6.45, 7) is 0. The molecule has 19 heavy (non-hydrogen) atoms. The fraction of sp³-hybridized carbons (Fsp3) is 0.154. The Bertz CT molecular complexity index is 567. The summed E-state index contributed by atoms with van der Waals surface area (Å²) in [6, 6.07) is 7.01. The second kappa shape index (κ2) is 5.17. The second-order valence-corrected chi connectivity index (χ2v) is 3.88. The van der Waals surface area contributed by atoms with E-state index in [0.29, 0.717) is 5.69 Å². The first kappa shape index (κ1) is 13.2. The van der Waals surface area contributed by atoms with Crippen molar-refractivity contribution in [2.45, 2.75) is 6.18 Å². The van der Waals surface area contributed by atoms with Gasteiger partial charge in [0.2, 0.25) is 0 Å². The lowest BCUT2D eigenvalue weighted by molar-refractivity contribution is -0.136. The Morgan fingerprint density at radius 1 is 1.05 bits per heavy atom. The van der Waals surface area contributed by atoms with Crippen molar-refractivity contribution in [3.05, 3.63) is 48.3 Å². The Hall–Kier alpha value is -2.24. The molecule has 0 bridgehead atoms. The number of nitrogens with one attached hydrogen (secondary N) is 2. The minimum atomic E-state index is -4.39. The molecule has 0 atom stereocenters. The van der Waals surface area contributed by atoms with Crippen LogP contribution in [-0.4, -0.2) is 12.0 Å². The molecular weight excluding hydrogens is 255 g/mol. The van der Waals surface area contributed by atoms with Gasteiger partial charge in [-0.05, 0) is 18.2 Å². The first-order valence-corrected chi connectivity index (χ1v) is 5.57. The molecule has 100 valence electrons. The summed E-state index contributed by atoms with van der Waals surface area (Å²) in [5, 5.41) is 5.60. The van der Waals surface area contributed by atoms with E-state index in [0.717, 1.165) is 11.8 Å². The predicted octanol–water partition coefficient (Wildman–Crippen LogP) is 3.89. The summed E-state index contributed by atoms with van der Waals surface area (Å²) in [4.78, 5) is 3.94. The number of alkyl halides is 3. The van der Waals surface area contributed by atoms with E-state index < -0.39 is 11.7 Å². The Morgan fingerprint density at radius 3 is 2.42 bits per heavy atom. The highest BCUT2D eigenvalue weighted by molar-refractivity contribution is 5.66. The third kappa shape index (κ3) is 3.15. The molecule has 0 spiro atoms. The third-order valence-electron chi connectivity index (χ3n) is 2.54.